The van der Waals surface area contributed by atoms with Gasteiger partial charge in [0.25, 0.3) is 0 Å². The third-order valence-electron chi connectivity index (χ3n) is 5.48. The lowest BCUT2D eigenvalue weighted by molar-refractivity contribution is 0.473. The third-order valence-corrected chi connectivity index (χ3v) is 5.48. The Morgan fingerprint density at radius 1 is 1.40 bits per heavy atom. The molecular weight excluding hydrogens is 376 g/mol. The topological polar surface area (TPSA) is 130 Å². The molecule has 3 rings (SSSR count). The molecule has 0 spiro atoms. The molecule has 2 heterocycles. The van der Waals surface area contributed by atoms with Crippen molar-refractivity contribution < 1.29 is 0 Å². The molecule has 8 nitrogen and oxygen atoms in total. The molecule has 0 amide bonds. The van der Waals surface area contributed by atoms with Crippen molar-refractivity contribution in [2.45, 2.75) is 20.0 Å². The molecule has 8 heteroatoms. The van der Waals surface area contributed by atoms with Crippen molar-refractivity contribution in [2.75, 3.05) is 36.5 Å². The number of nitriles is 1. The summed E-state index contributed by atoms with van der Waals surface area (Å²) in [5.41, 5.74) is 17.0. The first-order valence-corrected chi connectivity index (χ1v) is 10.0. The number of anilines is 2. The van der Waals surface area contributed by atoms with Crippen molar-refractivity contribution >= 4 is 22.8 Å². The lowest BCUT2D eigenvalue weighted by Gasteiger charge is -2.31. The predicted molar refractivity (Wildman–Crippen MR) is 123 cm³/mol. The second-order valence-corrected chi connectivity index (χ2v) is 7.61. The average Bonchev–Trinajstić information content (AvgIpc) is 2.86. The fourth-order valence-electron chi connectivity index (χ4n) is 3.86. The number of rotatable bonds is 4. The molecule has 2 aliphatic rings. The van der Waals surface area contributed by atoms with E-state index in [1.54, 1.807) is 6.92 Å². The minimum atomic E-state index is -0.326. The molecule has 7 N–H and O–H groups in total. The van der Waals surface area contributed by atoms with Gasteiger partial charge < -0.3 is 31.9 Å². The van der Waals surface area contributed by atoms with Crippen LogP contribution in [0.1, 0.15) is 19.4 Å². The van der Waals surface area contributed by atoms with E-state index in [2.05, 4.69) is 34.6 Å². The van der Waals surface area contributed by atoms with E-state index in [1.165, 1.54) is 0 Å². The van der Waals surface area contributed by atoms with Crippen LogP contribution in [0.3, 0.4) is 0 Å². The summed E-state index contributed by atoms with van der Waals surface area (Å²) in [7, 11) is 1.85. The van der Waals surface area contributed by atoms with Crippen LogP contribution in [-0.2, 0) is 0 Å². The first-order valence-electron chi connectivity index (χ1n) is 10.0. The van der Waals surface area contributed by atoms with E-state index in [1.807, 2.05) is 42.4 Å². The Kier molecular flexibility index (Phi) is 6.45. The zero-order valence-electron chi connectivity index (χ0n) is 17.7. The van der Waals surface area contributed by atoms with E-state index in [0.717, 1.165) is 28.3 Å². The zero-order chi connectivity index (χ0) is 21.8. The molecule has 30 heavy (non-hydrogen) atoms. The van der Waals surface area contributed by atoms with E-state index in [0.29, 0.717) is 31.0 Å². The van der Waals surface area contributed by atoms with Crippen molar-refractivity contribution in [3.05, 3.63) is 53.5 Å². The third kappa shape index (κ3) is 4.03. The Morgan fingerprint density at radius 2 is 2.17 bits per heavy atom. The second kappa shape index (κ2) is 9.03. The van der Waals surface area contributed by atoms with Crippen molar-refractivity contribution in [1.29, 1.82) is 10.7 Å². The molecule has 0 saturated heterocycles. The quantitative estimate of drug-likeness (QED) is 0.379. The van der Waals surface area contributed by atoms with E-state index < -0.39 is 0 Å². The van der Waals surface area contributed by atoms with Crippen LogP contribution in [0, 0.1) is 22.7 Å². The fourth-order valence-corrected chi connectivity index (χ4v) is 3.86. The number of benzene rings is 1. The van der Waals surface area contributed by atoms with Gasteiger partial charge >= 0.3 is 0 Å². The fraction of sp³-hybridized carbons (Fsp3) is 0.364. The number of nitrogens with one attached hydrogen (secondary N) is 3. The Labute approximate surface area is 178 Å². The summed E-state index contributed by atoms with van der Waals surface area (Å²) < 4.78 is 0. The summed E-state index contributed by atoms with van der Waals surface area (Å²) >= 11 is 0. The molecule has 0 aliphatic carbocycles. The number of fused-ring (bicyclic) bond motifs is 1. The molecule has 2 atom stereocenters. The molecule has 0 fully saturated rings. The van der Waals surface area contributed by atoms with Crippen molar-refractivity contribution in [1.82, 2.24) is 10.6 Å². The van der Waals surface area contributed by atoms with Gasteiger partial charge in [-0.15, -0.1) is 0 Å². The molecule has 1 aromatic carbocycles. The van der Waals surface area contributed by atoms with Gasteiger partial charge in [-0.3, -0.25) is 5.41 Å². The predicted octanol–water partition coefficient (Wildman–Crippen LogP) is 1.64. The number of nitrogens with zero attached hydrogens (tertiary/aromatic N) is 3. The lowest BCUT2D eigenvalue weighted by Crippen LogP contribution is -2.49. The summed E-state index contributed by atoms with van der Waals surface area (Å²) in [5.74, 6) is 1.39. The maximum atomic E-state index is 9.17. The zero-order valence-corrected chi connectivity index (χ0v) is 17.7. The maximum absolute atomic E-state index is 9.17. The Hall–Kier alpha value is -3.28. The SMILES string of the molecule is CN/C=C(\CN)c1ccc2c(c1)N(C1=CC=C(C#N)CN1)C[C@H](C)C(N)N2C(C)=N. The van der Waals surface area contributed by atoms with Crippen LogP contribution in [0.25, 0.3) is 5.57 Å². The van der Waals surface area contributed by atoms with Gasteiger partial charge in [0.1, 0.15) is 5.82 Å². The molecule has 158 valence electrons. The summed E-state index contributed by atoms with van der Waals surface area (Å²) in [5, 5.41) is 23.9. The van der Waals surface area contributed by atoms with Crippen LogP contribution < -0.4 is 31.9 Å². The molecule has 1 aromatic rings. The van der Waals surface area contributed by atoms with Gasteiger partial charge in [-0.25, -0.2) is 0 Å². The van der Waals surface area contributed by atoms with E-state index in [-0.39, 0.29) is 12.1 Å². The van der Waals surface area contributed by atoms with Crippen molar-refractivity contribution in [2.24, 2.45) is 17.4 Å². The highest BCUT2D eigenvalue weighted by molar-refractivity contribution is 5.99. The molecule has 0 bridgehead atoms. The van der Waals surface area contributed by atoms with E-state index >= 15 is 0 Å². The highest BCUT2D eigenvalue weighted by atomic mass is 15.3. The van der Waals surface area contributed by atoms with Gasteiger partial charge in [0.2, 0.25) is 0 Å². The van der Waals surface area contributed by atoms with E-state index in [4.69, 9.17) is 22.1 Å². The minimum absolute atomic E-state index is 0.0898. The number of hydrogen-bond acceptors (Lipinski definition) is 7. The molecule has 0 aromatic heterocycles. The summed E-state index contributed by atoms with van der Waals surface area (Å²) in [4.78, 5) is 4.07. The smallest absolute Gasteiger partial charge is 0.106 e. The van der Waals surface area contributed by atoms with Crippen LogP contribution in [0.15, 0.2) is 47.9 Å². The summed E-state index contributed by atoms with van der Waals surface area (Å²) in [6.45, 7) is 5.40. The van der Waals surface area contributed by atoms with Crippen LogP contribution in [0.4, 0.5) is 11.4 Å². The van der Waals surface area contributed by atoms with Crippen LogP contribution in [0.2, 0.25) is 0 Å². The summed E-state index contributed by atoms with van der Waals surface area (Å²) in [6, 6.07) is 8.31. The van der Waals surface area contributed by atoms with Crippen LogP contribution in [0.5, 0.6) is 0 Å². The molecule has 1 unspecified atom stereocenters. The Balaban J connectivity index is 2.19. The van der Waals surface area contributed by atoms with Gasteiger partial charge in [0, 0.05) is 37.8 Å². The number of allylic oxidation sites excluding steroid dienone is 2. The average molecular weight is 407 g/mol. The largest absolute Gasteiger partial charge is 0.394 e. The van der Waals surface area contributed by atoms with Crippen LogP contribution in [-0.4, -0.2) is 38.7 Å². The van der Waals surface area contributed by atoms with Gasteiger partial charge in [-0.05, 0) is 42.3 Å². The molecule has 0 saturated carbocycles. The number of dihydropyridines is 1. The number of amidine groups is 1. The minimum Gasteiger partial charge on any atom is -0.394 e. The highest BCUT2D eigenvalue weighted by Gasteiger charge is 2.33. The van der Waals surface area contributed by atoms with Gasteiger partial charge in [-0.1, -0.05) is 13.0 Å². The first kappa shape index (κ1) is 21.4. The first-order chi connectivity index (χ1) is 14.4. The lowest BCUT2D eigenvalue weighted by atomic mass is 10.0. The van der Waals surface area contributed by atoms with Crippen molar-refractivity contribution in [3.63, 3.8) is 0 Å². The van der Waals surface area contributed by atoms with Crippen molar-refractivity contribution in [3.8, 4) is 6.07 Å². The normalized spacial score (nSPS) is 21.5. The molecule has 2 aliphatic heterocycles. The van der Waals surface area contributed by atoms with Gasteiger partial charge in [-0.2, -0.15) is 5.26 Å². The standard InChI is InChI=1S/C22H30N8/c1-14-13-29(21-7-4-16(9-23)11-28-21)20-8-17(18(10-24)12-27-3)5-6-19(20)30(15(2)25)22(14)26/h4-8,12,14,22,25,27-28H,10-11,13,24,26H2,1-3H3/b18-12+,25-15?/t14-,22?/m0/s1. The number of nitrogens with two attached hydrogens (primary N) is 2. The van der Waals surface area contributed by atoms with E-state index in [9.17, 15) is 0 Å². The molecular formula is C22H30N8. The monoisotopic (exact) mass is 406 g/mol. The van der Waals surface area contributed by atoms with Crippen LogP contribution >= 0.6 is 0 Å². The second-order valence-electron chi connectivity index (χ2n) is 7.61. The van der Waals surface area contributed by atoms with Gasteiger partial charge in [0.15, 0.2) is 0 Å². The number of hydrogen-bond donors (Lipinski definition) is 5. The maximum Gasteiger partial charge on any atom is 0.106 e. The Morgan fingerprint density at radius 3 is 2.73 bits per heavy atom. The van der Waals surface area contributed by atoms with Gasteiger partial charge in [0.05, 0.1) is 36.0 Å². The molecule has 0 radical (unpaired) electrons. The Bertz CT molecular complexity index is 952. The summed E-state index contributed by atoms with van der Waals surface area (Å²) in [6.07, 6.45) is 5.35. The highest BCUT2D eigenvalue weighted by Crippen LogP contribution is 2.39.